The molecule has 0 aliphatic carbocycles. The Morgan fingerprint density at radius 2 is 2.00 bits per heavy atom. The van der Waals surface area contributed by atoms with Crippen molar-refractivity contribution in [2.45, 2.75) is 38.8 Å². The molecule has 3 N–H and O–H groups in total. The zero-order valence-corrected chi connectivity index (χ0v) is 11.0. The number of aromatic hydroxyl groups is 1. The lowest BCUT2D eigenvalue weighted by molar-refractivity contribution is 0.354. The topological polar surface area (TPSA) is 77.8 Å². The highest BCUT2D eigenvalue weighted by atomic mass is 31.2. The highest BCUT2D eigenvalue weighted by molar-refractivity contribution is 7.52. The molecule has 0 saturated carbocycles. The van der Waals surface area contributed by atoms with E-state index in [0.29, 0.717) is 17.5 Å². The molecule has 1 unspecified atom stereocenters. The fourth-order valence-corrected chi connectivity index (χ4v) is 2.88. The second-order valence-corrected chi connectivity index (χ2v) is 6.09. The summed E-state index contributed by atoms with van der Waals surface area (Å²) in [4.78, 5) is 18.7. The van der Waals surface area contributed by atoms with Gasteiger partial charge in [-0.15, -0.1) is 0 Å². The van der Waals surface area contributed by atoms with Crippen LogP contribution in [-0.4, -0.2) is 14.9 Å². The maximum atomic E-state index is 11.5. The maximum Gasteiger partial charge on any atom is 0.332 e. The fourth-order valence-electron chi connectivity index (χ4n) is 1.81. The van der Waals surface area contributed by atoms with Crippen LogP contribution in [0.15, 0.2) is 18.2 Å². The molecule has 1 atom stereocenters. The van der Waals surface area contributed by atoms with Crippen LogP contribution in [0.3, 0.4) is 0 Å². The summed E-state index contributed by atoms with van der Waals surface area (Å²) in [5, 5.41) is 9.41. The number of phenolic OH excluding ortho intramolecular Hbond substituents is 1. The normalized spacial score (nSPS) is 13.6. The first kappa shape index (κ1) is 14.2. The van der Waals surface area contributed by atoms with Gasteiger partial charge in [0.05, 0.1) is 5.66 Å². The van der Waals surface area contributed by atoms with Crippen molar-refractivity contribution in [1.82, 2.24) is 0 Å². The highest BCUT2D eigenvalue weighted by Crippen LogP contribution is 2.54. The number of hydrogen-bond donors (Lipinski definition) is 3. The average Bonchev–Trinajstić information content (AvgIpc) is 2.22. The number of rotatable bonds is 5. The van der Waals surface area contributed by atoms with Crippen molar-refractivity contribution in [1.29, 1.82) is 0 Å². The molecule has 0 spiro atoms. The molecule has 0 fully saturated rings. The minimum absolute atomic E-state index is 0.147. The van der Waals surface area contributed by atoms with Gasteiger partial charge in [0, 0.05) is 0 Å². The van der Waals surface area contributed by atoms with Crippen LogP contribution in [0, 0.1) is 6.92 Å². The Balaban J connectivity index is 3.04. The van der Waals surface area contributed by atoms with Crippen LogP contribution < -0.4 is 0 Å². The molecule has 96 valence electrons. The predicted molar refractivity (Wildman–Crippen MR) is 67.2 cm³/mol. The van der Waals surface area contributed by atoms with Crippen molar-refractivity contribution in [2.24, 2.45) is 0 Å². The van der Waals surface area contributed by atoms with E-state index in [0.717, 1.165) is 12.8 Å². The third-order valence-corrected chi connectivity index (χ3v) is 4.21. The summed E-state index contributed by atoms with van der Waals surface area (Å²) in [5.41, 5.74) is 0.473. The molecule has 0 amide bonds. The molecule has 0 heterocycles. The van der Waals surface area contributed by atoms with Crippen molar-refractivity contribution >= 4 is 7.60 Å². The summed E-state index contributed by atoms with van der Waals surface area (Å²) in [6.07, 6.45) is 2.13. The number of aryl methyl sites for hydroxylation is 1. The molecule has 5 heteroatoms. The van der Waals surface area contributed by atoms with Gasteiger partial charge in [0.15, 0.2) is 0 Å². The molecule has 0 aliphatic heterocycles. The minimum Gasteiger partial charge on any atom is -0.508 e. The van der Waals surface area contributed by atoms with E-state index in [4.69, 9.17) is 0 Å². The number of benzene rings is 1. The highest BCUT2D eigenvalue weighted by Gasteiger charge is 2.29. The second kappa shape index (κ2) is 5.67. The van der Waals surface area contributed by atoms with Crippen LogP contribution in [0.5, 0.6) is 5.75 Å². The average molecular weight is 258 g/mol. The molecule has 0 saturated heterocycles. The lowest BCUT2D eigenvalue weighted by Crippen LogP contribution is -2.00. The first-order chi connectivity index (χ1) is 7.86. The largest absolute Gasteiger partial charge is 0.508 e. The quantitative estimate of drug-likeness (QED) is 0.709. The van der Waals surface area contributed by atoms with Gasteiger partial charge in [-0.25, -0.2) is 0 Å². The Labute approximate surface area is 101 Å². The van der Waals surface area contributed by atoms with Gasteiger partial charge in [0.1, 0.15) is 5.75 Å². The summed E-state index contributed by atoms with van der Waals surface area (Å²) >= 11 is 0. The summed E-state index contributed by atoms with van der Waals surface area (Å²) in [5.74, 6) is 0.147. The maximum absolute atomic E-state index is 11.5. The van der Waals surface area contributed by atoms with E-state index < -0.39 is 13.3 Å². The number of hydrogen-bond acceptors (Lipinski definition) is 2. The Kier molecular flexibility index (Phi) is 4.75. The van der Waals surface area contributed by atoms with Crippen LogP contribution >= 0.6 is 7.60 Å². The monoisotopic (exact) mass is 258 g/mol. The third kappa shape index (κ3) is 3.84. The van der Waals surface area contributed by atoms with E-state index in [1.165, 1.54) is 6.07 Å². The Bertz CT molecular complexity index is 425. The molecular weight excluding hydrogens is 239 g/mol. The second-order valence-electron chi connectivity index (χ2n) is 4.29. The molecule has 4 nitrogen and oxygen atoms in total. The fraction of sp³-hybridized carbons (Fsp3) is 0.500. The zero-order chi connectivity index (χ0) is 13.1. The van der Waals surface area contributed by atoms with Crippen LogP contribution in [-0.2, 0) is 4.57 Å². The van der Waals surface area contributed by atoms with Crippen molar-refractivity contribution in [3.63, 3.8) is 0 Å². The van der Waals surface area contributed by atoms with Crippen LogP contribution in [0.4, 0.5) is 0 Å². The Hall–Kier alpha value is -0.830. The lowest BCUT2D eigenvalue weighted by Gasteiger charge is -2.19. The third-order valence-electron chi connectivity index (χ3n) is 2.84. The van der Waals surface area contributed by atoms with Gasteiger partial charge in [-0.05, 0) is 30.5 Å². The van der Waals surface area contributed by atoms with Crippen molar-refractivity contribution < 1.29 is 19.5 Å². The van der Waals surface area contributed by atoms with Crippen molar-refractivity contribution in [3.05, 3.63) is 29.3 Å². The summed E-state index contributed by atoms with van der Waals surface area (Å²) < 4.78 is 11.5. The number of phenols is 1. The van der Waals surface area contributed by atoms with Gasteiger partial charge >= 0.3 is 7.60 Å². The van der Waals surface area contributed by atoms with Gasteiger partial charge in [0.25, 0.3) is 0 Å². The van der Waals surface area contributed by atoms with Gasteiger partial charge in [-0.1, -0.05) is 31.9 Å². The molecule has 0 radical (unpaired) electrons. The first-order valence-electron chi connectivity index (χ1n) is 5.71. The predicted octanol–water partition coefficient (Wildman–Crippen LogP) is 3.11. The zero-order valence-electron chi connectivity index (χ0n) is 10.1. The minimum atomic E-state index is -4.14. The molecule has 1 aromatic carbocycles. The standard InChI is InChI=1S/C12H19O4P/c1-3-4-5-12(17(14,15)16)10-6-7-11(13)9(2)8-10/h6-8,12-13H,3-5H2,1-2H3,(H2,14,15,16). The molecule has 0 aliphatic rings. The molecular formula is C12H19O4P. The van der Waals surface area contributed by atoms with E-state index in [1.807, 2.05) is 6.92 Å². The first-order valence-corrected chi connectivity index (χ1v) is 7.39. The number of unbranched alkanes of at least 4 members (excludes halogenated alkanes) is 1. The summed E-state index contributed by atoms with van der Waals surface area (Å²) in [6, 6.07) is 4.72. The molecule has 17 heavy (non-hydrogen) atoms. The van der Waals surface area contributed by atoms with Gasteiger partial charge in [-0.2, -0.15) is 0 Å². The summed E-state index contributed by atoms with van der Waals surface area (Å²) in [6.45, 7) is 3.70. The molecule has 1 aromatic rings. The van der Waals surface area contributed by atoms with Crippen molar-refractivity contribution in [3.8, 4) is 5.75 Å². The van der Waals surface area contributed by atoms with E-state index in [2.05, 4.69) is 0 Å². The van der Waals surface area contributed by atoms with Gasteiger partial charge in [-0.3, -0.25) is 4.57 Å². The Morgan fingerprint density at radius 3 is 2.47 bits per heavy atom. The van der Waals surface area contributed by atoms with E-state index in [9.17, 15) is 19.5 Å². The van der Waals surface area contributed by atoms with E-state index in [-0.39, 0.29) is 5.75 Å². The Morgan fingerprint density at radius 1 is 1.35 bits per heavy atom. The SMILES string of the molecule is CCCCC(c1ccc(O)c(C)c1)P(=O)(O)O. The molecule has 0 aromatic heterocycles. The van der Waals surface area contributed by atoms with Gasteiger partial charge in [0.2, 0.25) is 0 Å². The summed E-state index contributed by atoms with van der Waals surface area (Å²) in [7, 11) is -4.14. The molecule has 0 bridgehead atoms. The van der Waals surface area contributed by atoms with E-state index >= 15 is 0 Å². The van der Waals surface area contributed by atoms with E-state index in [1.54, 1.807) is 19.1 Å². The smallest absolute Gasteiger partial charge is 0.332 e. The van der Waals surface area contributed by atoms with Gasteiger partial charge < -0.3 is 14.9 Å². The van der Waals surface area contributed by atoms with Crippen LogP contribution in [0.25, 0.3) is 0 Å². The van der Waals surface area contributed by atoms with Crippen LogP contribution in [0.2, 0.25) is 0 Å². The van der Waals surface area contributed by atoms with Crippen LogP contribution in [0.1, 0.15) is 43.0 Å². The van der Waals surface area contributed by atoms with Crippen molar-refractivity contribution in [2.75, 3.05) is 0 Å². The molecule has 1 rings (SSSR count). The lowest BCUT2D eigenvalue weighted by atomic mass is 10.0.